The van der Waals surface area contributed by atoms with E-state index in [-0.39, 0.29) is 11.4 Å². The van der Waals surface area contributed by atoms with Crippen LogP contribution in [0.1, 0.15) is 16.1 Å². The second kappa shape index (κ2) is 11.5. The summed E-state index contributed by atoms with van der Waals surface area (Å²) >= 11 is 0. The lowest BCUT2D eigenvalue weighted by Crippen LogP contribution is -2.25. The summed E-state index contributed by atoms with van der Waals surface area (Å²) in [6, 6.07) is 8.24. The molecule has 1 amide bonds. The maximum absolute atomic E-state index is 12.9. The maximum atomic E-state index is 12.9. The standard InChI is InChI=1S/C23H18N4O12S2/c24-18(22(30)31)16(20(28)25-12-4-8-14(9-5-12)40(34,35)36)2-1-3-17-19(23(32)33)26-27(21(17)29)13-6-10-15(11-7-13)41(37,38)39/h1-11,24,26H,(H,25,28)(H,30,31)(H,32,33)(H,34,35,36)(H,37,38,39)/b3-1+,16-2+,24-18?. The average molecular weight is 607 g/mol. The molecule has 0 aliphatic carbocycles. The maximum Gasteiger partial charge on any atom is 0.354 e. The zero-order valence-corrected chi connectivity index (χ0v) is 21.8. The second-order valence-corrected chi connectivity index (χ2v) is 10.7. The van der Waals surface area contributed by atoms with Crippen LogP contribution in [0.4, 0.5) is 5.69 Å². The number of hydrogen-bond donors (Lipinski definition) is 7. The molecule has 0 fully saturated rings. The molecular formula is C23H18N4O12S2. The first-order chi connectivity index (χ1) is 19.0. The molecule has 1 heterocycles. The number of aliphatic carboxylic acids is 1. The summed E-state index contributed by atoms with van der Waals surface area (Å²) in [5, 5.41) is 31.0. The summed E-state index contributed by atoms with van der Waals surface area (Å²) in [5.41, 5.74) is -3.98. The molecule has 0 saturated heterocycles. The number of nitrogens with one attached hydrogen (secondary N) is 3. The Morgan fingerprint density at radius 2 is 1.39 bits per heavy atom. The van der Waals surface area contributed by atoms with Gasteiger partial charge in [-0.3, -0.25) is 29.2 Å². The fraction of sp³-hybridized carbons (Fsp3) is 0. The van der Waals surface area contributed by atoms with Crippen molar-refractivity contribution in [2.75, 3.05) is 5.32 Å². The van der Waals surface area contributed by atoms with Gasteiger partial charge in [-0.05, 0) is 60.7 Å². The number of hydrogen-bond acceptors (Lipinski definition) is 9. The van der Waals surface area contributed by atoms with Gasteiger partial charge in [0.1, 0.15) is 0 Å². The van der Waals surface area contributed by atoms with Crippen molar-refractivity contribution in [3.63, 3.8) is 0 Å². The molecule has 1 aromatic heterocycles. The fourth-order valence-corrected chi connectivity index (χ4v) is 4.21. The van der Waals surface area contributed by atoms with Crippen LogP contribution >= 0.6 is 0 Å². The van der Waals surface area contributed by atoms with Gasteiger partial charge in [-0.1, -0.05) is 6.08 Å². The van der Waals surface area contributed by atoms with Gasteiger partial charge in [0.15, 0.2) is 11.4 Å². The third-order valence-electron chi connectivity index (χ3n) is 5.20. The zero-order valence-electron chi connectivity index (χ0n) is 20.2. The first-order valence-corrected chi connectivity index (χ1v) is 13.6. The lowest BCUT2D eigenvalue weighted by molar-refractivity contribution is -0.129. The normalized spacial score (nSPS) is 12.3. The van der Waals surface area contributed by atoms with Gasteiger partial charge in [0, 0.05) is 5.69 Å². The molecule has 3 aromatic rings. The molecule has 0 saturated carbocycles. The Labute approximate surface area is 229 Å². The topological polar surface area (TPSA) is 274 Å². The van der Waals surface area contributed by atoms with Crippen molar-refractivity contribution in [3.05, 3.63) is 87.9 Å². The third kappa shape index (κ3) is 7.08. The van der Waals surface area contributed by atoms with E-state index >= 15 is 0 Å². The molecule has 16 nitrogen and oxygen atoms in total. The predicted molar refractivity (Wildman–Crippen MR) is 141 cm³/mol. The lowest BCUT2D eigenvalue weighted by atomic mass is 10.1. The van der Waals surface area contributed by atoms with Crippen molar-refractivity contribution in [2.45, 2.75) is 9.79 Å². The lowest BCUT2D eigenvalue weighted by Gasteiger charge is -2.08. The van der Waals surface area contributed by atoms with Crippen LogP contribution in [0.3, 0.4) is 0 Å². The highest BCUT2D eigenvalue weighted by Crippen LogP contribution is 2.16. The summed E-state index contributed by atoms with van der Waals surface area (Å²) in [4.78, 5) is 47.8. The van der Waals surface area contributed by atoms with E-state index in [2.05, 4.69) is 10.4 Å². The summed E-state index contributed by atoms with van der Waals surface area (Å²) in [5.74, 6) is -4.51. The summed E-state index contributed by atoms with van der Waals surface area (Å²) in [7, 11) is -9.05. The Morgan fingerprint density at radius 3 is 1.85 bits per heavy atom. The minimum absolute atomic E-state index is 0.00664. The monoisotopic (exact) mass is 606 g/mol. The Hall–Kier alpha value is -5.17. The van der Waals surface area contributed by atoms with Crippen LogP contribution in [0.15, 0.2) is 80.8 Å². The Kier molecular flexibility index (Phi) is 8.53. The molecule has 0 aliphatic rings. The van der Waals surface area contributed by atoms with E-state index in [4.69, 9.17) is 14.5 Å². The van der Waals surface area contributed by atoms with E-state index in [9.17, 15) is 46.2 Å². The molecular weight excluding hydrogens is 588 g/mol. The SMILES string of the molecule is N=C(C(=O)O)/C(=C\C=C\c1c(C(=O)O)[nH]n(-c2ccc(S(=O)(=O)O)cc2)c1=O)C(=O)Nc1ccc(S(=O)(=O)O)cc1. The van der Waals surface area contributed by atoms with E-state index in [0.29, 0.717) is 0 Å². The number of rotatable bonds is 10. The third-order valence-corrected chi connectivity index (χ3v) is 6.93. The molecule has 0 radical (unpaired) electrons. The van der Waals surface area contributed by atoms with E-state index in [1.165, 1.54) is 0 Å². The average Bonchev–Trinajstić information content (AvgIpc) is 3.21. The summed E-state index contributed by atoms with van der Waals surface area (Å²) in [6.45, 7) is 0. The van der Waals surface area contributed by atoms with Crippen LogP contribution in [-0.4, -0.2) is 69.5 Å². The van der Waals surface area contributed by atoms with E-state index in [0.717, 1.165) is 71.4 Å². The number of benzene rings is 2. The quantitative estimate of drug-likeness (QED) is 0.0738. The number of carbonyl (C=O) groups excluding carboxylic acids is 1. The Morgan fingerprint density at radius 1 is 0.878 bits per heavy atom. The minimum atomic E-state index is -4.53. The smallest absolute Gasteiger partial charge is 0.354 e. The van der Waals surface area contributed by atoms with Crippen LogP contribution in [0.2, 0.25) is 0 Å². The number of carbonyl (C=O) groups is 3. The number of allylic oxidation sites excluding steroid dienone is 2. The van der Waals surface area contributed by atoms with Crippen LogP contribution in [-0.2, 0) is 29.8 Å². The highest BCUT2D eigenvalue weighted by molar-refractivity contribution is 7.86. The van der Waals surface area contributed by atoms with Gasteiger partial charge in [0.2, 0.25) is 0 Å². The first-order valence-electron chi connectivity index (χ1n) is 10.8. The first kappa shape index (κ1) is 30.4. The molecule has 41 heavy (non-hydrogen) atoms. The number of carboxylic acid groups (broad SMARTS) is 2. The van der Waals surface area contributed by atoms with E-state index in [1.807, 2.05) is 0 Å². The number of aromatic carboxylic acids is 1. The number of anilines is 1. The predicted octanol–water partition coefficient (Wildman–Crippen LogP) is 1.04. The van der Waals surface area contributed by atoms with Crippen molar-refractivity contribution in [3.8, 4) is 5.69 Å². The molecule has 3 rings (SSSR count). The van der Waals surface area contributed by atoms with Gasteiger partial charge in [0.25, 0.3) is 31.7 Å². The van der Waals surface area contributed by atoms with Crippen LogP contribution in [0, 0.1) is 5.41 Å². The zero-order chi connectivity index (χ0) is 30.7. The van der Waals surface area contributed by atoms with Crippen LogP contribution in [0.25, 0.3) is 11.8 Å². The van der Waals surface area contributed by atoms with Crippen LogP contribution < -0.4 is 10.9 Å². The summed E-state index contributed by atoms with van der Waals surface area (Å²) in [6.07, 6.45) is 2.69. The number of H-pyrrole nitrogens is 1. The highest BCUT2D eigenvalue weighted by Gasteiger charge is 2.22. The highest BCUT2D eigenvalue weighted by atomic mass is 32.2. The molecule has 7 N–H and O–H groups in total. The van der Waals surface area contributed by atoms with Gasteiger partial charge in [-0.25, -0.2) is 14.3 Å². The largest absolute Gasteiger partial charge is 0.477 e. The summed E-state index contributed by atoms with van der Waals surface area (Å²) < 4.78 is 63.7. The minimum Gasteiger partial charge on any atom is -0.477 e. The molecule has 0 aliphatic heterocycles. The Balaban J connectivity index is 1.98. The molecule has 0 atom stereocenters. The van der Waals surface area contributed by atoms with Crippen LogP contribution in [0.5, 0.6) is 0 Å². The number of aromatic nitrogens is 2. The van der Waals surface area contributed by atoms with Gasteiger partial charge in [0.05, 0.1) is 26.6 Å². The number of aromatic amines is 1. The number of carboxylic acids is 2. The van der Waals surface area contributed by atoms with E-state index in [1.54, 1.807) is 0 Å². The molecule has 214 valence electrons. The Bertz CT molecular complexity index is 1900. The molecule has 0 spiro atoms. The van der Waals surface area contributed by atoms with Crippen molar-refractivity contribution >= 4 is 55.6 Å². The fourth-order valence-electron chi connectivity index (χ4n) is 3.25. The molecule has 0 bridgehead atoms. The van der Waals surface area contributed by atoms with Gasteiger partial charge < -0.3 is 15.5 Å². The number of nitrogens with zero attached hydrogens (tertiary/aromatic N) is 1. The van der Waals surface area contributed by atoms with Crippen molar-refractivity contribution in [1.29, 1.82) is 5.41 Å². The van der Waals surface area contributed by atoms with Gasteiger partial charge >= 0.3 is 11.9 Å². The second-order valence-electron chi connectivity index (χ2n) is 7.89. The molecule has 0 unspecified atom stereocenters. The van der Waals surface area contributed by atoms with Crippen molar-refractivity contribution < 1.29 is 50.5 Å². The molecule has 18 heteroatoms. The van der Waals surface area contributed by atoms with Crippen molar-refractivity contribution in [2.24, 2.45) is 0 Å². The van der Waals surface area contributed by atoms with Gasteiger partial charge in [-0.2, -0.15) is 16.8 Å². The number of amides is 1. The van der Waals surface area contributed by atoms with Crippen molar-refractivity contribution in [1.82, 2.24) is 9.78 Å². The molecule has 2 aromatic carbocycles. The van der Waals surface area contributed by atoms with Gasteiger partial charge in [-0.15, -0.1) is 0 Å². The van der Waals surface area contributed by atoms with E-state index < -0.39 is 76.0 Å².